The fourth-order valence-electron chi connectivity index (χ4n) is 0.554. The van der Waals surface area contributed by atoms with Crippen LogP contribution in [0, 0.1) is 0 Å². The highest BCUT2D eigenvalue weighted by Gasteiger charge is 1.93. The van der Waals surface area contributed by atoms with Crippen LogP contribution in [0.1, 0.15) is 12.6 Å². The quantitative estimate of drug-likeness (QED) is 0.656. The number of aromatic nitrogens is 3. The molecule has 0 aliphatic heterocycles. The van der Waals surface area contributed by atoms with Crippen molar-refractivity contribution in [1.82, 2.24) is 15.0 Å². The van der Waals surface area contributed by atoms with Crippen LogP contribution in [-0.2, 0) is 11.9 Å². The molecule has 0 radical (unpaired) electrons. The molecule has 0 bridgehead atoms. The minimum absolute atomic E-state index is 0.785. The lowest BCUT2D eigenvalue weighted by Gasteiger charge is -1.86. The summed E-state index contributed by atoms with van der Waals surface area (Å²) in [5.74, 6) is 0. The third-order valence-corrected chi connectivity index (χ3v) is 1.62. The molecule has 0 aliphatic carbocycles. The Balaban J connectivity index is 2.74. The van der Waals surface area contributed by atoms with Crippen LogP contribution in [0.4, 0.5) is 0 Å². The van der Waals surface area contributed by atoms with E-state index in [9.17, 15) is 0 Å². The van der Waals surface area contributed by atoms with Gasteiger partial charge in [0.1, 0.15) is 0 Å². The van der Waals surface area contributed by atoms with Gasteiger partial charge < -0.3 is 0 Å². The lowest BCUT2D eigenvalue weighted by atomic mass is 10.6. The molecular formula is C5H8BrN3. The molecule has 9 heavy (non-hydrogen) atoms. The molecular weight excluding hydrogens is 182 g/mol. The largest absolute Gasteiger partial charge is 0.253 e. The van der Waals surface area contributed by atoms with Crippen LogP contribution in [0.5, 0.6) is 0 Å². The van der Waals surface area contributed by atoms with Crippen LogP contribution in [0.25, 0.3) is 0 Å². The van der Waals surface area contributed by atoms with Gasteiger partial charge >= 0.3 is 0 Å². The van der Waals surface area contributed by atoms with Crippen LogP contribution < -0.4 is 0 Å². The van der Waals surface area contributed by atoms with Gasteiger partial charge in [0.2, 0.25) is 0 Å². The Bertz CT molecular complexity index is 166. The summed E-state index contributed by atoms with van der Waals surface area (Å²) in [5.41, 5.74) is 0.983. The highest BCUT2D eigenvalue weighted by Crippen LogP contribution is 1.98. The average Bonchev–Trinajstić information content (AvgIpc) is 2.34. The van der Waals surface area contributed by atoms with E-state index >= 15 is 0 Å². The van der Waals surface area contributed by atoms with Crippen molar-refractivity contribution in [1.29, 1.82) is 0 Å². The summed E-state index contributed by atoms with van der Waals surface area (Å²) in [7, 11) is 0. The van der Waals surface area contributed by atoms with Crippen molar-refractivity contribution in [3.63, 3.8) is 0 Å². The van der Waals surface area contributed by atoms with Crippen molar-refractivity contribution >= 4 is 15.9 Å². The molecule has 4 heteroatoms. The fraction of sp³-hybridized carbons (Fsp3) is 0.600. The van der Waals surface area contributed by atoms with Crippen molar-refractivity contribution in [3.8, 4) is 0 Å². The number of hydrogen-bond acceptors (Lipinski definition) is 2. The van der Waals surface area contributed by atoms with Gasteiger partial charge in [-0.25, -0.2) is 0 Å². The van der Waals surface area contributed by atoms with Gasteiger partial charge in [0.15, 0.2) is 0 Å². The fourth-order valence-corrected chi connectivity index (χ4v) is 0.811. The van der Waals surface area contributed by atoms with Gasteiger partial charge in [0.25, 0.3) is 0 Å². The van der Waals surface area contributed by atoms with Crippen molar-refractivity contribution in [2.24, 2.45) is 0 Å². The van der Waals surface area contributed by atoms with Gasteiger partial charge in [-0.3, -0.25) is 4.68 Å². The highest BCUT2D eigenvalue weighted by atomic mass is 79.9. The molecule has 1 rings (SSSR count). The monoisotopic (exact) mass is 189 g/mol. The minimum Gasteiger partial charge on any atom is -0.253 e. The number of halogens is 1. The van der Waals surface area contributed by atoms with Crippen LogP contribution in [0.3, 0.4) is 0 Å². The normalized spacial score (nSPS) is 10.0. The third-order valence-electron chi connectivity index (χ3n) is 1.05. The van der Waals surface area contributed by atoms with E-state index in [1.54, 1.807) is 4.68 Å². The standard InChI is InChI=1S/C5H8BrN3/c1-2-9-4-5(3-6)7-8-9/h4H,2-3H2,1H3. The molecule has 0 atom stereocenters. The Kier molecular flexibility index (Phi) is 2.22. The predicted molar refractivity (Wildman–Crippen MR) is 38.3 cm³/mol. The summed E-state index contributed by atoms with van der Waals surface area (Å²) >= 11 is 3.28. The second-order valence-electron chi connectivity index (χ2n) is 1.70. The van der Waals surface area contributed by atoms with E-state index in [0.29, 0.717) is 0 Å². The topological polar surface area (TPSA) is 30.7 Å². The number of hydrogen-bond donors (Lipinski definition) is 0. The molecule has 0 saturated heterocycles. The van der Waals surface area contributed by atoms with Gasteiger partial charge in [0, 0.05) is 18.1 Å². The summed E-state index contributed by atoms with van der Waals surface area (Å²) < 4.78 is 1.80. The highest BCUT2D eigenvalue weighted by molar-refractivity contribution is 9.08. The second kappa shape index (κ2) is 2.96. The lowest BCUT2D eigenvalue weighted by Crippen LogP contribution is -1.93. The number of rotatable bonds is 2. The summed E-state index contributed by atoms with van der Waals surface area (Å²) in [4.78, 5) is 0. The van der Waals surface area contributed by atoms with Gasteiger partial charge in [-0.15, -0.1) is 5.10 Å². The van der Waals surface area contributed by atoms with Crippen molar-refractivity contribution < 1.29 is 0 Å². The van der Waals surface area contributed by atoms with Crippen molar-refractivity contribution in [3.05, 3.63) is 11.9 Å². The Labute approximate surface area is 62.2 Å². The smallest absolute Gasteiger partial charge is 0.0932 e. The Morgan fingerprint density at radius 3 is 2.89 bits per heavy atom. The molecule has 1 aromatic rings. The molecule has 0 aromatic carbocycles. The van der Waals surface area contributed by atoms with Crippen LogP contribution in [0.15, 0.2) is 6.20 Å². The maximum atomic E-state index is 3.87. The first kappa shape index (κ1) is 6.74. The molecule has 50 valence electrons. The average molecular weight is 190 g/mol. The van der Waals surface area contributed by atoms with Crippen molar-refractivity contribution in [2.75, 3.05) is 0 Å². The van der Waals surface area contributed by atoms with E-state index < -0.39 is 0 Å². The van der Waals surface area contributed by atoms with E-state index in [0.717, 1.165) is 17.6 Å². The number of alkyl halides is 1. The summed E-state index contributed by atoms with van der Waals surface area (Å²) in [5, 5.41) is 8.50. The SMILES string of the molecule is CCn1cc(CBr)nn1. The molecule has 1 heterocycles. The lowest BCUT2D eigenvalue weighted by molar-refractivity contribution is 0.626. The molecule has 0 aliphatic rings. The first-order valence-electron chi connectivity index (χ1n) is 2.81. The van der Waals surface area contributed by atoms with Gasteiger partial charge in [-0.05, 0) is 6.92 Å². The number of aryl methyl sites for hydroxylation is 1. The summed E-state index contributed by atoms with van der Waals surface area (Å²) in [6, 6.07) is 0. The van der Waals surface area contributed by atoms with Crippen LogP contribution in [-0.4, -0.2) is 15.0 Å². The second-order valence-corrected chi connectivity index (χ2v) is 2.26. The molecule has 0 spiro atoms. The maximum Gasteiger partial charge on any atom is 0.0932 e. The zero-order valence-electron chi connectivity index (χ0n) is 5.21. The molecule has 0 N–H and O–H groups in total. The third kappa shape index (κ3) is 1.51. The molecule has 0 amide bonds. The Hall–Kier alpha value is -0.380. The van der Waals surface area contributed by atoms with Crippen LogP contribution >= 0.6 is 15.9 Å². The maximum absolute atomic E-state index is 3.87. The van der Waals surface area contributed by atoms with E-state index in [1.165, 1.54) is 0 Å². The van der Waals surface area contributed by atoms with Crippen LogP contribution in [0.2, 0.25) is 0 Å². The van der Waals surface area contributed by atoms with Gasteiger partial charge in [-0.1, -0.05) is 21.1 Å². The summed E-state index contributed by atoms with van der Waals surface area (Å²) in [6.45, 7) is 2.92. The summed E-state index contributed by atoms with van der Waals surface area (Å²) in [6.07, 6.45) is 1.93. The predicted octanol–water partition coefficient (Wildman–Crippen LogP) is 1.19. The molecule has 0 saturated carbocycles. The molecule has 0 unspecified atom stereocenters. The van der Waals surface area contributed by atoms with E-state index in [2.05, 4.69) is 26.2 Å². The first-order chi connectivity index (χ1) is 4.36. The molecule has 0 fully saturated rings. The minimum atomic E-state index is 0.785. The van der Waals surface area contributed by atoms with Gasteiger partial charge in [0.05, 0.1) is 5.69 Å². The van der Waals surface area contributed by atoms with Gasteiger partial charge in [-0.2, -0.15) is 0 Å². The molecule has 1 aromatic heterocycles. The Morgan fingerprint density at radius 2 is 2.56 bits per heavy atom. The van der Waals surface area contributed by atoms with E-state index in [-0.39, 0.29) is 0 Å². The zero-order valence-corrected chi connectivity index (χ0v) is 6.80. The van der Waals surface area contributed by atoms with Crippen molar-refractivity contribution in [2.45, 2.75) is 18.8 Å². The Morgan fingerprint density at radius 1 is 1.78 bits per heavy atom. The van der Waals surface area contributed by atoms with E-state index in [1.807, 2.05) is 13.1 Å². The zero-order chi connectivity index (χ0) is 6.69. The number of nitrogens with zero attached hydrogens (tertiary/aromatic N) is 3. The van der Waals surface area contributed by atoms with E-state index in [4.69, 9.17) is 0 Å². The molecule has 3 nitrogen and oxygen atoms in total. The first-order valence-corrected chi connectivity index (χ1v) is 3.94.